The number of nitrogens with one attached hydrogen (secondary N) is 1. The van der Waals surface area contributed by atoms with Gasteiger partial charge in [0.25, 0.3) is 5.91 Å². The van der Waals surface area contributed by atoms with Crippen LogP contribution in [0.5, 0.6) is 0 Å². The standard InChI is InChI=1S/C21H32ClN3O3S/c1-17-7-5-14-25(16-17)29(27,28)20-15-18(8-9-19(20)22)21(26)23-10-6-13-24-11-3-2-4-12-24/h8-9,15,17H,2-7,10-14,16H2,1H3,(H,23,26). The number of amides is 1. The van der Waals surface area contributed by atoms with Crippen molar-refractivity contribution in [3.05, 3.63) is 28.8 Å². The van der Waals surface area contributed by atoms with Gasteiger partial charge in [-0.3, -0.25) is 4.79 Å². The van der Waals surface area contributed by atoms with Gasteiger partial charge < -0.3 is 10.2 Å². The summed E-state index contributed by atoms with van der Waals surface area (Å²) in [5.41, 5.74) is 0.330. The molecule has 1 unspecified atom stereocenters. The number of carbonyl (C=O) groups excluding carboxylic acids is 1. The monoisotopic (exact) mass is 441 g/mol. The molecular formula is C21H32ClN3O3S. The van der Waals surface area contributed by atoms with E-state index >= 15 is 0 Å². The van der Waals surface area contributed by atoms with Crippen molar-refractivity contribution in [2.45, 2.75) is 50.3 Å². The van der Waals surface area contributed by atoms with Gasteiger partial charge in [-0.15, -0.1) is 0 Å². The zero-order chi connectivity index (χ0) is 20.9. The number of likely N-dealkylation sites (tertiary alicyclic amines) is 1. The number of piperidine rings is 2. The fraction of sp³-hybridized carbons (Fsp3) is 0.667. The van der Waals surface area contributed by atoms with Crippen molar-refractivity contribution in [3.8, 4) is 0 Å². The number of sulfonamides is 1. The summed E-state index contributed by atoms with van der Waals surface area (Å²) >= 11 is 6.21. The first kappa shape index (κ1) is 22.5. The lowest BCUT2D eigenvalue weighted by molar-refractivity contribution is 0.0951. The van der Waals surface area contributed by atoms with Gasteiger partial charge in [-0.25, -0.2) is 8.42 Å². The molecule has 1 aromatic carbocycles. The van der Waals surface area contributed by atoms with Gasteiger partial charge in [0.15, 0.2) is 0 Å². The minimum atomic E-state index is -3.71. The normalized spacial score (nSPS) is 21.8. The summed E-state index contributed by atoms with van der Waals surface area (Å²) in [4.78, 5) is 15.0. The van der Waals surface area contributed by atoms with Crippen molar-refractivity contribution in [2.24, 2.45) is 5.92 Å². The molecule has 2 heterocycles. The fourth-order valence-corrected chi connectivity index (χ4v) is 6.23. The number of benzene rings is 1. The molecule has 2 fully saturated rings. The Hall–Kier alpha value is -1.15. The van der Waals surface area contributed by atoms with Gasteiger partial charge in [0.2, 0.25) is 10.0 Å². The van der Waals surface area contributed by atoms with E-state index in [1.54, 1.807) is 6.07 Å². The third kappa shape index (κ3) is 5.94. The Morgan fingerprint density at radius 1 is 1.17 bits per heavy atom. The zero-order valence-corrected chi connectivity index (χ0v) is 18.8. The Morgan fingerprint density at radius 3 is 2.66 bits per heavy atom. The molecule has 29 heavy (non-hydrogen) atoms. The maximum absolute atomic E-state index is 13.1. The van der Waals surface area contributed by atoms with E-state index in [1.165, 1.54) is 35.7 Å². The van der Waals surface area contributed by atoms with Crippen molar-refractivity contribution in [1.82, 2.24) is 14.5 Å². The van der Waals surface area contributed by atoms with Gasteiger partial charge in [-0.1, -0.05) is 24.9 Å². The van der Waals surface area contributed by atoms with Crippen LogP contribution in [0.25, 0.3) is 0 Å². The number of hydrogen-bond donors (Lipinski definition) is 1. The van der Waals surface area contributed by atoms with E-state index in [0.29, 0.717) is 31.1 Å². The molecule has 1 amide bonds. The summed E-state index contributed by atoms with van der Waals surface area (Å²) in [6.07, 6.45) is 6.57. The third-order valence-electron chi connectivity index (χ3n) is 5.82. The molecule has 6 nitrogen and oxygen atoms in total. The molecule has 0 spiro atoms. The van der Waals surface area contributed by atoms with Crippen molar-refractivity contribution < 1.29 is 13.2 Å². The van der Waals surface area contributed by atoms with Crippen LogP contribution in [0.1, 0.15) is 55.8 Å². The van der Waals surface area contributed by atoms with Crippen LogP contribution in [-0.4, -0.2) is 62.8 Å². The zero-order valence-electron chi connectivity index (χ0n) is 17.2. The molecule has 8 heteroatoms. The average molecular weight is 442 g/mol. The quantitative estimate of drug-likeness (QED) is 0.658. The molecule has 1 aromatic rings. The number of nitrogens with zero attached hydrogens (tertiary/aromatic N) is 2. The molecule has 2 aliphatic heterocycles. The van der Waals surface area contributed by atoms with E-state index in [0.717, 1.165) is 38.9 Å². The first-order valence-electron chi connectivity index (χ1n) is 10.7. The van der Waals surface area contributed by atoms with Crippen LogP contribution >= 0.6 is 11.6 Å². The van der Waals surface area contributed by atoms with Crippen molar-refractivity contribution in [3.63, 3.8) is 0 Å². The molecule has 0 aromatic heterocycles. The van der Waals surface area contributed by atoms with Crippen LogP contribution in [0.4, 0.5) is 0 Å². The SMILES string of the molecule is CC1CCCN(S(=O)(=O)c2cc(C(=O)NCCCN3CCCCC3)ccc2Cl)C1. The summed E-state index contributed by atoms with van der Waals surface area (Å²) in [5.74, 6) is 0.0625. The van der Waals surface area contributed by atoms with Gasteiger partial charge in [-0.2, -0.15) is 4.31 Å². The number of hydrogen-bond acceptors (Lipinski definition) is 4. The maximum atomic E-state index is 13.1. The molecule has 0 radical (unpaired) electrons. The molecule has 1 N–H and O–H groups in total. The second-order valence-electron chi connectivity index (χ2n) is 8.27. The molecule has 162 valence electrons. The van der Waals surface area contributed by atoms with Crippen LogP contribution in [-0.2, 0) is 10.0 Å². The van der Waals surface area contributed by atoms with Crippen LogP contribution in [0.2, 0.25) is 5.02 Å². The van der Waals surface area contributed by atoms with Crippen LogP contribution < -0.4 is 5.32 Å². The Morgan fingerprint density at radius 2 is 1.93 bits per heavy atom. The lowest BCUT2D eigenvalue weighted by Crippen LogP contribution is -2.39. The predicted octanol–water partition coefficient (Wildman–Crippen LogP) is 3.37. The molecular weight excluding hydrogens is 410 g/mol. The van der Waals surface area contributed by atoms with Gasteiger partial charge in [-0.05, 0) is 75.9 Å². The van der Waals surface area contributed by atoms with Crippen molar-refractivity contribution in [2.75, 3.05) is 39.3 Å². The molecule has 0 saturated carbocycles. The lowest BCUT2D eigenvalue weighted by Gasteiger charge is -2.30. The van der Waals surface area contributed by atoms with Crippen molar-refractivity contribution in [1.29, 1.82) is 0 Å². The van der Waals surface area contributed by atoms with Gasteiger partial charge in [0, 0.05) is 25.2 Å². The van der Waals surface area contributed by atoms with Gasteiger partial charge in [0.1, 0.15) is 4.90 Å². The van der Waals surface area contributed by atoms with E-state index in [9.17, 15) is 13.2 Å². The highest BCUT2D eigenvalue weighted by atomic mass is 35.5. The Kier molecular flexibility index (Phi) is 7.96. The summed E-state index contributed by atoms with van der Waals surface area (Å²) in [6.45, 7) is 6.87. The van der Waals surface area contributed by atoms with Crippen LogP contribution in [0.3, 0.4) is 0 Å². The van der Waals surface area contributed by atoms with E-state index < -0.39 is 10.0 Å². The highest BCUT2D eigenvalue weighted by molar-refractivity contribution is 7.89. The van der Waals surface area contributed by atoms with E-state index in [2.05, 4.69) is 17.1 Å². The van der Waals surface area contributed by atoms with Gasteiger partial charge in [0.05, 0.1) is 5.02 Å². The average Bonchev–Trinajstić information content (AvgIpc) is 2.72. The molecule has 3 rings (SSSR count). The number of carbonyl (C=O) groups is 1. The summed E-state index contributed by atoms with van der Waals surface area (Å²) in [6, 6.07) is 4.50. The second-order valence-corrected chi connectivity index (χ2v) is 10.6. The second kappa shape index (κ2) is 10.2. The largest absolute Gasteiger partial charge is 0.352 e. The van der Waals surface area contributed by atoms with E-state index in [1.807, 2.05) is 0 Å². The number of rotatable bonds is 7. The molecule has 2 saturated heterocycles. The number of halogens is 1. The molecule has 2 aliphatic rings. The molecule has 0 aliphatic carbocycles. The van der Waals surface area contributed by atoms with Crippen molar-refractivity contribution >= 4 is 27.5 Å². The molecule has 1 atom stereocenters. The highest BCUT2D eigenvalue weighted by Crippen LogP contribution is 2.29. The van der Waals surface area contributed by atoms with Crippen LogP contribution in [0.15, 0.2) is 23.1 Å². The first-order chi connectivity index (χ1) is 13.9. The topological polar surface area (TPSA) is 69.7 Å². The Balaban J connectivity index is 1.61. The van der Waals surface area contributed by atoms with Gasteiger partial charge >= 0.3 is 0 Å². The fourth-order valence-electron chi connectivity index (χ4n) is 4.14. The Bertz CT molecular complexity index is 809. The highest BCUT2D eigenvalue weighted by Gasteiger charge is 2.30. The minimum Gasteiger partial charge on any atom is -0.352 e. The Labute approximate surface area is 179 Å². The van der Waals surface area contributed by atoms with Crippen LogP contribution in [0, 0.1) is 5.92 Å². The van der Waals surface area contributed by atoms with E-state index in [-0.39, 0.29) is 15.8 Å². The lowest BCUT2D eigenvalue weighted by atomic mass is 10.0. The smallest absolute Gasteiger partial charge is 0.251 e. The summed E-state index contributed by atoms with van der Waals surface area (Å²) < 4.78 is 27.6. The maximum Gasteiger partial charge on any atom is 0.251 e. The predicted molar refractivity (Wildman–Crippen MR) is 116 cm³/mol. The third-order valence-corrected chi connectivity index (χ3v) is 8.16. The minimum absolute atomic E-state index is 0.0224. The summed E-state index contributed by atoms with van der Waals surface area (Å²) in [7, 11) is -3.71. The molecule has 0 bridgehead atoms. The first-order valence-corrected chi connectivity index (χ1v) is 12.5. The van der Waals surface area contributed by atoms with E-state index in [4.69, 9.17) is 11.6 Å². The summed E-state index contributed by atoms with van der Waals surface area (Å²) in [5, 5.41) is 3.06.